The first-order valence-corrected chi connectivity index (χ1v) is 7.77. The van der Waals surface area contributed by atoms with E-state index in [0.717, 1.165) is 31.9 Å². The predicted molar refractivity (Wildman–Crippen MR) is 74.5 cm³/mol. The van der Waals surface area contributed by atoms with Gasteiger partial charge in [0.05, 0.1) is 6.61 Å². The Kier molecular flexibility index (Phi) is 4.08. The van der Waals surface area contributed by atoms with E-state index in [4.69, 9.17) is 10.5 Å². The van der Waals surface area contributed by atoms with Crippen LogP contribution in [0.3, 0.4) is 0 Å². The van der Waals surface area contributed by atoms with Crippen molar-refractivity contribution >= 4 is 11.8 Å². The summed E-state index contributed by atoms with van der Waals surface area (Å²) >= 11 is 2.05. The average molecular weight is 258 g/mol. The molecule has 2 atom stereocenters. The van der Waals surface area contributed by atoms with Gasteiger partial charge in [0.1, 0.15) is 0 Å². The molecule has 3 nitrogen and oxygen atoms in total. The lowest BCUT2D eigenvalue weighted by Gasteiger charge is -2.56. The zero-order chi connectivity index (χ0) is 12.5. The molecule has 2 saturated heterocycles. The summed E-state index contributed by atoms with van der Waals surface area (Å²) in [6.07, 6.45) is 2.41. The number of ether oxygens (including phenoxy) is 1. The van der Waals surface area contributed by atoms with E-state index in [1.54, 1.807) is 0 Å². The van der Waals surface area contributed by atoms with Gasteiger partial charge in [-0.15, -0.1) is 0 Å². The Bertz CT molecular complexity index is 266. The molecular weight excluding hydrogens is 232 g/mol. The molecular formula is C13H26N2OS. The van der Waals surface area contributed by atoms with E-state index < -0.39 is 0 Å². The van der Waals surface area contributed by atoms with Crippen LogP contribution in [0.1, 0.15) is 26.7 Å². The Morgan fingerprint density at radius 1 is 1.47 bits per heavy atom. The molecule has 0 saturated carbocycles. The van der Waals surface area contributed by atoms with Crippen LogP contribution >= 0.6 is 11.8 Å². The standard InChI is InChI=1S/C13H26N2OS/c1-12(2)5-7-17-10-13(12,9-14)15(3)11-4-6-16-8-11/h11H,4-10,14H2,1-3H3. The van der Waals surface area contributed by atoms with Gasteiger partial charge in [-0.1, -0.05) is 13.8 Å². The molecule has 2 unspecified atom stereocenters. The molecule has 0 aliphatic carbocycles. The van der Waals surface area contributed by atoms with Crippen molar-refractivity contribution < 1.29 is 4.74 Å². The topological polar surface area (TPSA) is 38.5 Å². The first-order chi connectivity index (χ1) is 8.03. The minimum atomic E-state index is 0.133. The maximum Gasteiger partial charge on any atom is 0.0622 e. The predicted octanol–water partition coefficient (Wildman–Crippen LogP) is 1.57. The Morgan fingerprint density at radius 2 is 2.24 bits per heavy atom. The molecule has 0 radical (unpaired) electrons. The molecule has 2 N–H and O–H groups in total. The summed E-state index contributed by atoms with van der Waals surface area (Å²) < 4.78 is 5.54. The molecule has 2 rings (SSSR count). The van der Waals surface area contributed by atoms with Gasteiger partial charge < -0.3 is 10.5 Å². The number of thioether (sulfide) groups is 1. The highest BCUT2D eigenvalue weighted by atomic mass is 32.2. The lowest BCUT2D eigenvalue weighted by atomic mass is 9.69. The second kappa shape index (κ2) is 5.08. The summed E-state index contributed by atoms with van der Waals surface area (Å²) in [6, 6.07) is 0.552. The average Bonchev–Trinajstić information content (AvgIpc) is 2.81. The Labute approximate surface area is 109 Å². The minimum Gasteiger partial charge on any atom is -0.380 e. The lowest BCUT2D eigenvalue weighted by molar-refractivity contribution is -0.0109. The monoisotopic (exact) mass is 258 g/mol. The SMILES string of the molecule is CN(C1CCOC1)C1(CN)CSCCC1(C)C. The van der Waals surface area contributed by atoms with Crippen molar-refractivity contribution in [3.05, 3.63) is 0 Å². The summed E-state index contributed by atoms with van der Waals surface area (Å²) in [5, 5.41) is 0. The molecule has 0 amide bonds. The van der Waals surface area contributed by atoms with Crippen molar-refractivity contribution in [1.82, 2.24) is 4.90 Å². The van der Waals surface area contributed by atoms with Gasteiger partial charge >= 0.3 is 0 Å². The van der Waals surface area contributed by atoms with Crippen LogP contribution in [-0.2, 0) is 4.74 Å². The zero-order valence-corrected chi connectivity index (χ0v) is 12.2. The Balaban J connectivity index is 2.21. The number of nitrogens with two attached hydrogens (primary N) is 1. The molecule has 2 fully saturated rings. The summed E-state index contributed by atoms with van der Waals surface area (Å²) in [6.45, 7) is 7.29. The van der Waals surface area contributed by atoms with Gasteiger partial charge in [0.25, 0.3) is 0 Å². The maximum atomic E-state index is 6.19. The van der Waals surface area contributed by atoms with Gasteiger partial charge in [-0.2, -0.15) is 11.8 Å². The molecule has 0 bridgehead atoms. The quantitative estimate of drug-likeness (QED) is 0.834. The summed E-state index contributed by atoms with van der Waals surface area (Å²) in [5.41, 5.74) is 6.62. The highest BCUT2D eigenvalue weighted by molar-refractivity contribution is 7.99. The molecule has 2 heterocycles. The second-order valence-electron chi connectivity index (χ2n) is 6.05. The van der Waals surface area contributed by atoms with Crippen molar-refractivity contribution in [3.8, 4) is 0 Å². The molecule has 0 aromatic carbocycles. The van der Waals surface area contributed by atoms with Crippen LogP contribution in [0.15, 0.2) is 0 Å². The lowest BCUT2D eigenvalue weighted by Crippen LogP contribution is -2.67. The molecule has 17 heavy (non-hydrogen) atoms. The first kappa shape index (κ1) is 13.7. The number of nitrogens with zero attached hydrogens (tertiary/aromatic N) is 1. The van der Waals surface area contributed by atoms with E-state index in [1.807, 2.05) is 0 Å². The molecule has 2 aliphatic rings. The summed E-state index contributed by atoms with van der Waals surface area (Å²) in [4.78, 5) is 2.53. The second-order valence-corrected chi connectivity index (χ2v) is 7.16. The van der Waals surface area contributed by atoms with Crippen LogP contribution in [0.5, 0.6) is 0 Å². The van der Waals surface area contributed by atoms with E-state index in [2.05, 4.69) is 37.6 Å². The van der Waals surface area contributed by atoms with Crippen molar-refractivity contribution in [3.63, 3.8) is 0 Å². The Hall–Kier alpha value is 0.230. The van der Waals surface area contributed by atoms with E-state index in [-0.39, 0.29) is 5.54 Å². The molecule has 4 heteroatoms. The first-order valence-electron chi connectivity index (χ1n) is 6.62. The van der Waals surface area contributed by atoms with Crippen LogP contribution in [0.4, 0.5) is 0 Å². The smallest absolute Gasteiger partial charge is 0.0622 e. The molecule has 2 aliphatic heterocycles. The minimum absolute atomic E-state index is 0.133. The largest absolute Gasteiger partial charge is 0.380 e. The van der Waals surface area contributed by atoms with Crippen LogP contribution < -0.4 is 5.73 Å². The highest BCUT2D eigenvalue weighted by Gasteiger charge is 2.50. The fourth-order valence-electron chi connectivity index (χ4n) is 3.23. The van der Waals surface area contributed by atoms with Gasteiger partial charge in [0.15, 0.2) is 0 Å². The van der Waals surface area contributed by atoms with Gasteiger partial charge in [0, 0.05) is 30.5 Å². The van der Waals surface area contributed by atoms with Gasteiger partial charge in [0.2, 0.25) is 0 Å². The normalized spacial score (nSPS) is 37.6. The Morgan fingerprint density at radius 3 is 2.76 bits per heavy atom. The van der Waals surface area contributed by atoms with Crippen molar-refractivity contribution in [1.29, 1.82) is 0 Å². The number of likely N-dealkylation sites (N-methyl/N-ethyl adjacent to an activating group) is 1. The molecule has 0 spiro atoms. The summed E-state index contributed by atoms with van der Waals surface area (Å²) in [7, 11) is 2.25. The van der Waals surface area contributed by atoms with Crippen molar-refractivity contribution in [2.75, 3.05) is 38.3 Å². The van der Waals surface area contributed by atoms with Crippen LogP contribution in [0.25, 0.3) is 0 Å². The van der Waals surface area contributed by atoms with Crippen LogP contribution in [0.2, 0.25) is 0 Å². The fourth-order valence-corrected chi connectivity index (χ4v) is 5.08. The molecule has 100 valence electrons. The number of rotatable bonds is 3. The molecule has 0 aromatic rings. The van der Waals surface area contributed by atoms with E-state index in [1.165, 1.54) is 12.2 Å². The van der Waals surface area contributed by atoms with Gasteiger partial charge in [-0.05, 0) is 31.1 Å². The van der Waals surface area contributed by atoms with Crippen LogP contribution in [-0.4, -0.2) is 54.8 Å². The third-order valence-electron chi connectivity index (χ3n) is 4.94. The third-order valence-corrected chi connectivity index (χ3v) is 6.11. The number of hydrogen-bond acceptors (Lipinski definition) is 4. The zero-order valence-electron chi connectivity index (χ0n) is 11.4. The highest BCUT2D eigenvalue weighted by Crippen LogP contribution is 2.46. The fraction of sp³-hybridized carbons (Fsp3) is 1.00. The van der Waals surface area contributed by atoms with E-state index >= 15 is 0 Å². The van der Waals surface area contributed by atoms with Crippen LogP contribution in [0, 0.1) is 5.41 Å². The number of hydrogen-bond donors (Lipinski definition) is 1. The van der Waals surface area contributed by atoms with E-state index in [0.29, 0.717) is 11.5 Å². The van der Waals surface area contributed by atoms with E-state index in [9.17, 15) is 0 Å². The summed E-state index contributed by atoms with van der Waals surface area (Å²) in [5.74, 6) is 2.42. The maximum absolute atomic E-state index is 6.19. The van der Waals surface area contributed by atoms with Crippen molar-refractivity contribution in [2.24, 2.45) is 11.1 Å². The van der Waals surface area contributed by atoms with Gasteiger partial charge in [-0.3, -0.25) is 4.90 Å². The van der Waals surface area contributed by atoms with Crippen molar-refractivity contribution in [2.45, 2.75) is 38.3 Å². The third kappa shape index (κ3) is 2.25. The molecule has 0 aromatic heterocycles. The van der Waals surface area contributed by atoms with Gasteiger partial charge in [-0.25, -0.2) is 0 Å².